The summed E-state index contributed by atoms with van der Waals surface area (Å²) in [6.07, 6.45) is 0. The third-order valence-electron chi connectivity index (χ3n) is 13.3. The van der Waals surface area contributed by atoms with Crippen molar-refractivity contribution in [3.05, 3.63) is 259 Å². The summed E-state index contributed by atoms with van der Waals surface area (Å²) < 4.78 is 9.43. The molecule has 2 heterocycles. The number of thiophene rings is 1. The van der Waals surface area contributed by atoms with Crippen LogP contribution in [0.1, 0.15) is 22.3 Å². The molecular weight excluding hydrogens is 795 g/mol. The molecule has 0 N–H and O–H groups in total. The summed E-state index contributed by atoms with van der Waals surface area (Å²) in [6.45, 7) is 0. The number of anilines is 3. The maximum atomic E-state index is 6.88. The topological polar surface area (TPSA) is 12.5 Å². The zero-order valence-corrected chi connectivity index (χ0v) is 35.6. The van der Waals surface area contributed by atoms with Crippen molar-refractivity contribution in [2.45, 2.75) is 5.41 Å². The van der Waals surface area contributed by atoms with Gasteiger partial charge in [0.25, 0.3) is 0 Å². The predicted molar refractivity (Wildman–Crippen MR) is 268 cm³/mol. The smallest absolute Gasteiger partial charge is 0.132 e. The van der Waals surface area contributed by atoms with Gasteiger partial charge in [-0.2, -0.15) is 0 Å². The third kappa shape index (κ3) is 5.58. The minimum Gasteiger partial charge on any atom is -0.457 e. The largest absolute Gasteiger partial charge is 0.457 e. The number of benzene rings is 10. The van der Waals surface area contributed by atoms with E-state index in [9.17, 15) is 0 Å². The van der Waals surface area contributed by atoms with E-state index in [1.165, 1.54) is 75.8 Å². The minimum atomic E-state index is -0.484. The molecule has 2 nitrogen and oxygen atoms in total. The molecule has 1 aromatic heterocycles. The molecule has 0 atom stereocenters. The summed E-state index contributed by atoms with van der Waals surface area (Å²) in [5.41, 5.74) is 17.3. The molecule has 0 fully saturated rings. The van der Waals surface area contributed by atoms with Crippen LogP contribution in [-0.4, -0.2) is 0 Å². The van der Waals surface area contributed by atoms with Gasteiger partial charge in [0.15, 0.2) is 0 Å². The van der Waals surface area contributed by atoms with E-state index in [1.807, 2.05) is 11.3 Å². The van der Waals surface area contributed by atoms with E-state index < -0.39 is 5.41 Å². The minimum absolute atomic E-state index is 0.484. The van der Waals surface area contributed by atoms with E-state index in [1.54, 1.807) is 0 Å². The Morgan fingerprint density at radius 1 is 0.344 bits per heavy atom. The first-order valence-corrected chi connectivity index (χ1v) is 22.7. The molecule has 64 heavy (non-hydrogen) atoms. The summed E-state index contributed by atoms with van der Waals surface area (Å²) in [5, 5.41) is 2.52. The van der Waals surface area contributed by atoms with Crippen LogP contribution in [0.5, 0.6) is 11.5 Å². The highest BCUT2D eigenvalue weighted by Gasteiger charge is 2.50. The van der Waals surface area contributed by atoms with Crippen LogP contribution in [0, 0.1) is 0 Å². The van der Waals surface area contributed by atoms with E-state index in [-0.39, 0.29) is 0 Å². The number of ether oxygens (including phenoxy) is 1. The number of fused-ring (bicyclic) bond motifs is 12. The van der Waals surface area contributed by atoms with Crippen molar-refractivity contribution >= 4 is 48.6 Å². The van der Waals surface area contributed by atoms with Crippen molar-refractivity contribution in [2.75, 3.05) is 4.90 Å². The molecule has 0 bridgehead atoms. The first-order chi connectivity index (χ1) is 31.7. The molecule has 3 heteroatoms. The maximum absolute atomic E-state index is 6.88. The molecule has 10 aromatic carbocycles. The maximum Gasteiger partial charge on any atom is 0.132 e. The second-order valence-corrected chi connectivity index (χ2v) is 17.9. The lowest BCUT2D eigenvalue weighted by Crippen LogP contribution is -2.32. The quantitative estimate of drug-likeness (QED) is 0.165. The summed E-state index contributed by atoms with van der Waals surface area (Å²) in [5.74, 6) is 1.78. The lowest BCUT2D eigenvalue weighted by atomic mass is 9.66. The Hall–Kier alpha value is -7.98. The van der Waals surface area contributed by atoms with E-state index in [0.717, 1.165) is 39.7 Å². The molecule has 0 unspecified atom stereocenters. The average Bonchev–Trinajstić information content (AvgIpc) is 3.89. The van der Waals surface area contributed by atoms with E-state index >= 15 is 0 Å². The Balaban J connectivity index is 0.965. The van der Waals surface area contributed by atoms with Crippen LogP contribution in [0.3, 0.4) is 0 Å². The molecule has 1 spiro atoms. The van der Waals surface area contributed by atoms with Crippen molar-refractivity contribution in [1.82, 2.24) is 0 Å². The normalized spacial score (nSPS) is 12.9. The highest BCUT2D eigenvalue weighted by atomic mass is 32.1. The molecule has 2 aliphatic rings. The van der Waals surface area contributed by atoms with Crippen LogP contribution < -0.4 is 9.64 Å². The van der Waals surface area contributed by atoms with E-state index in [2.05, 4.69) is 241 Å². The number of para-hydroxylation sites is 1. The second-order valence-electron chi connectivity index (χ2n) is 16.8. The van der Waals surface area contributed by atoms with Gasteiger partial charge in [-0.05, 0) is 110 Å². The predicted octanol–water partition coefficient (Wildman–Crippen LogP) is 17.0. The Kier molecular flexibility index (Phi) is 8.34. The van der Waals surface area contributed by atoms with Crippen molar-refractivity contribution < 1.29 is 4.74 Å². The lowest BCUT2D eigenvalue weighted by Gasteiger charge is -2.39. The highest BCUT2D eigenvalue weighted by molar-refractivity contribution is 7.26. The third-order valence-corrected chi connectivity index (χ3v) is 14.5. The Bertz CT molecular complexity index is 3530. The molecule has 0 saturated carbocycles. The van der Waals surface area contributed by atoms with Crippen LogP contribution in [-0.2, 0) is 5.41 Å². The Morgan fingerprint density at radius 2 is 0.844 bits per heavy atom. The zero-order chi connectivity index (χ0) is 42.2. The van der Waals surface area contributed by atoms with Crippen molar-refractivity contribution in [1.29, 1.82) is 0 Å². The van der Waals surface area contributed by atoms with Crippen molar-refractivity contribution in [3.8, 4) is 56.0 Å². The Morgan fingerprint density at radius 3 is 1.52 bits per heavy atom. The van der Waals surface area contributed by atoms with Gasteiger partial charge in [0.2, 0.25) is 0 Å². The van der Waals surface area contributed by atoms with Gasteiger partial charge in [-0.1, -0.05) is 182 Å². The molecule has 0 amide bonds. The summed E-state index contributed by atoms with van der Waals surface area (Å²) in [6, 6.07) is 86.2. The number of hydrogen-bond acceptors (Lipinski definition) is 3. The van der Waals surface area contributed by atoms with Gasteiger partial charge < -0.3 is 9.64 Å². The molecule has 0 saturated heterocycles. The van der Waals surface area contributed by atoms with Gasteiger partial charge in [-0.15, -0.1) is 11.3 Å². The molecule has 1 aliphatic heterocycles. The van der Waals surface area contributed by atoms with Crippen LogP contribution in [0.2, 0.25) is 0 Å². The molecule has 300 valence electrons. The van der Waals surface area contributed by atoms with Crippen molar-refractivity contribution in [2.24, 2.45) is 0 Å². The highest BCUT2D eigenvalue weighted by Crippen LogP contribution is 2.62. The monoisotopic (exact) mass is 833 g/mol. The number of rotatable bonds is 6. The first kappa shape index (κ1) is 36.7. The van der Waals surface area contributed by atoms with Gasteiger partial charge >= 0.3 is 0 Å². The summed E-state index contributed by atoms with van der Waals surface area (Å²) in [4.78, 5) is 2.44. The summed E-state index contributed by atoms with van der Waals surface area (Å²) >= 11 is 1.86. The van der Waals surface area contributed by atoms with Crippen LogP contribution in [0.4, 0.5) is 17.1 Å². The van der Waals surface area contributed by atoms with Gasteiger partial charge in [-0.25, -0.2) is 0 Å². The average molecular weight is 834 g/mol. The second kappa shape index (κ2) is 14.6. The molecular formula is C61H39NOS. The Labute approximate surface area is 376 Å². The van der Waals surface area contributed by atoms with Gasteiger partial charge in [0, 0.05) is 42.7 Å². The zero-order valence-electron chi connectivity index (χ0n) is 34.8. The fraction of sp³-hybridized carbons (Fsp3) is 0.0164. The molecule has 13 rings (SSSR count). The standard InChI is InChI=1S/C61H39NOS/c1-3-15-40(16-4-1)42-27-32-46(33-28-42)62(55-37-45(41-17-5-2-6-18-41)39-59-60(55)50-21-9-14-26-58(50)64-59)47-34-29-43(30-35-47)44-31-36-54-57(38-44)63-56-25-13-12-24-53(56)61(54)51-22-10-7-19-48(51)49-20-8-11-23-52(49)61/h1-39H. The fourth-order valence-electron chi connectivity index (χ4n) is 10.5. The van der Waals surface area contributed by atoms with Crippen LogP contribution in [0.15, 0.2) is 237 Å². The van der Waals surface area contributed by atoms with Crippen molar-refractivity contribution in [3.63, 3.8) is 0 Å². The van der Waals surface area contributed by atoms with Gasteiger partial charge in [0.05, 0.1) is 11.1 Å². The van der Waals surface area contributed by atoms with E-state index in [0.29, 0.717) is 0 Å². The summed E-state index contributed by atoms with van der Waals surface area (Å²) in [7, 11) is 0. The first-order valence-electron chi connectivity index (χ1n) is 21.9. The SMILES string of the molecule is c1ccc(-c2ccc(N(c3ccc(-c4ccc5c(c4)Oc4ccccc4C54c5ccccc5-c5ccccc54)cc3)c3cc(-c4ccccc4)cc4sc5ccccc5c34)cc2)cc1. The number of nitrogens with zero attached hydrogens (tertiary/aromatic N) is 1. The fourth-order valence-corrected chi connectivity index (χ4v) is 11.7. The van der Waals surface area contributed by atoms with E-state index in [4.69, 9.17) is 4.74 Å². The number of hydrogen-bond donors (Lipinski definition) is 0. The molecule has 0 radical (unpaired) electrons. The van der Waals surface area contributed by atoms with Crippen LogP contribution >= 0.6 is 11.3 Å². The molecule has 1 aliphatic carbocycles. The lowest BCUT2D eigenvalue weighted by molar-refractivity contribution is 0.436. The molecule has 11 aromatic rings. The van der Waals surface area contributed by atoms with Crippen LogP contribution in [0.25, 0.3) is 64.7 Å². The van der Waals surface area contributed by atoms with Gasteiger partial charge in [-0.3, -0.25) is 0 Å². The van der Waals surface area contributed by atoms with Gasteiger partial charge in [0.1, 0.15) is 11.5 Å².